The van der Waals surface area contributed by atoms with Crippen LogP contribution < -0.4 is 4.74 Å². The number of ether oxygens (including phenoxy) is 1. The topological polar surface area (TPSA) is 92.8 Å². The van der Waals surface area contributed by atoms with Crippen LogP contribution in [-0.2, 0) is 6.61 Å². The molecule has 0 aliphatic rings. The Kier molecular flexibility index (Phi) is 2.95. The number of hydrogen-bond donors (Lipinski definition) is 2. The molecule has 0 saturated carbocycles. The number of carboxylic acids is 1. The number of benzene rings is 1. The van der Waals surface area contributed by atoms with Crippen LogP contribution in [0.3, 0.4) is 0 Å². The van der Waals surface area contributed by atoms with Crippen LogP contribution in [-0.4, -0.2) is 21.3 Å². The summed E-state index contributed by atoms with van der Waals surface area (Å²) < 4.78 is 10.1. The van der Waals surface area contributed by atoms with E-state index in [0.717, 1.165) is 0 Å². The zero-order valence-corrected chi connectivity index (χ0v) is 8.66. The molecule has 0 atom stereocenters. The van der Waals surface area contributed by atoms with Gasteiger partial charge >= 0.3 is 5.97 Å². The summed E-state index contributed by atoms with van der Waals surface area (Å²) in [5, 5.41) is 21.0. The lowest BCUT2D eigenvalue weighted by Gasteiger charge is -2.02. The predicted molar refractivity (Wildman–Crippen MR) is 55.9 cm³/mol. The van der Waals surface area contributed by atoms with Gasteiger partial charge in [0.25, 0.3) is 0 Å². The predicted octanol–water partition coefficient (Wildman–Crippen LogP) is 1.66. The summed E-state index contributed by atoms with van der Waals surface area (Å²) in [6, 6.07) is 7.44. The Labute approximate surface area is 96.0 Å². The van der Waals surface area contributed by atoms with Crippen molar-refractivity contribution in [2.45, 2.75) is 6.61 Å². The van der Waals surface area contributed by atoms with Gasteiger partial charge in [-0.25, -0.2) is 4.79 Å². The second-order valence-electron chi connectivity index (χ2n) is 3.27. The third kappa shape index (κ3) is 2.75. The number of phenolic OH excluding ortho intramolecular Hbond substituents is 1. The van der Waals surface area contributed by atoms with Crippen LogP contribution >= 0.6 is 0 Å². The first-order valence-electron chi connectivity index (χ1n) is 4.76. The third-order valence-electron chi connectivity index (χ3n) is 2.00. The zero-order valence-electron chi connectivity index (χ0n) is 8.66. The molecule has 6 nitrogen and oxygen atoms in total. The van der Waals surface area contributed by atoms with Crippen LogP contribution in [0.4, 0.5) is 0 Å². The van der Waals surface area contributed by atoms with Gasteiger partial charge in [0, 0.05) is 6.07 Å². The van der Waals surface area contributed by atoms with E-state index < -0.39 is 5.97 Å². The molecule has 2 rings (SSSR count). The van der Waals surface area contributed by atoms with Crippen LogP contribution in [0.15, 0.2) is 34.9 Å². The number of carbonyl (C=O) groups is 1. The van der Waals surface area contributed by atoms with Gasteiger partial charge in [-0.3, -0.25) is 0 Å². The second-order valence-corrected chi connectivity index (χ2v) is 3.27. The number of aromatic nitrogens is 1. The van der Waals surface area contributed by atoms with Crippen molar-refractivity contribution in [1.82, 2.24) is 5.16 Å². The monoisotopic (exact) mass is 235 g/mol. The summed E-state index contributed by atoms with van der Waals surface area (Å²) in [6.45, 7) is 0.0745. The molecule has 0 bridgehead atoms. The number of hydrogen-bond acceptors (Lipinski definition) is 5. The Hall–Kier alpha value is -2.50. The number of carboxylic acid groups (broad SMARTS) is 1. The Bertz CT molecular complexity index is 517. The molecule has 0 aliphatic carbocycles. The number of rotatable bonds is 4. The molecule has 0 fully saturated rings. The van der Waals surface area contributed by atoms with Gasteiger partial charge in [0.15, 0.2) is 11.5 Å². The van der Waals surface area contributed by atoms with E-state index in [9.17, 15) is 4.79 Å². The Morgan fingerprint density at radius 1 is 1.35 bits per heavy atom. The highest BCUT2D eigenvalue weighted by Crippen LogP contribution is 2.17. The molecule has 0 spiro atoms. The molecule has 6 heteroatoms. The largest absolute Gasteiger partial charge is 0.508 e. The summed E-state index contributed by atoms with van der Waals surface area (Å²) in [6.07, 6.45) is 0. The maximum absolute atomic E-state index is 10.5. The standard InChI is InChI=1S/C11H9NO5/c13-7-1-3-8(4-2-7)16-6-9-5-10(11(14)15)12-17-9/h1-5,13H,6H2,(H,14,15). The summed E-state index contributed by atoms with van der Waals surface area (Å²) in [4.78, 5) is 10.5. The van der Waals surface area contributed by atoms with Crippen molar-refractivity contribution in [2.24, 2.45) is 0 Å². The van der Waals surface area contributed by atoms with E-state index in [2.05, 4.69) is 5.16 Å². The second kappa shape index (κ2) is 4.56. The molecule has 0 saturated heterocycles. The average Bonchev–Trinajstić information content (AvgIpc) is 2.77. The maximum Gasteiger partial charge on any atom is 0.358 e. The van der Waals surface area contributed by atoms with Gasteiger partial charge in [0.1, 0.15) is 18.1 Å². The molecule has 0 aliphatic heterocycles. The van der Waals surface area contributed by atoms with Crippen LogP contribution in [0.1, 0.15) is 16.2 Å². The minimum atomic E-state index is -1.15. The molecule has 88 valence electrons. The zero-order chi connectivity index (χ0) is 12.3. The van der Waals surface area contributed by atoms with E-state index in [4.69, 9.17) is 19.5 Å². The first-order chi connectivity index (χ1) is 8.15. The molecular formula is C11H9NO5. The summed E-state index contributed by atoms with van der Waals surface area (Å²) in [7, 11) is 0. The van der Waals surface area contributed by atoms with Gasteiger partial charge in [0.2, 0.25) is 0 Å². The van der Waals surface area contributed by atoms with Crippen molar-refractivity contribution in [1.29, 1.82) is 0 Å². The van der Waals surface area contributed by atoms with Gasteiger partial charge in [-0.2, -0.15) is 0 Å². The van der Waals surface area contributed by atoms with E-state index in [1.807, 2.05) is 0 Å². The van der Waals surface area contributed by atoms with Crippen molar-refractivity contribution in [3.63, 3.8) is 0 Å². The summed E-state index contributed by atoms with van der Waals surface area (Å²) in [5.74, 6) is -0.152. The number of aromatic hydroxyl groups is 1. The molecule has 2 N–H and O–H groups in total. The molecule has 2 aromatic rings. The molecule has 0 amide bonds. The lowest BCUT2D eigenvalue weighted by atomic mass is 10.3. The van der Waals surface area contributed by atoms with E-state index in [-0.39, 0.29) is 18.1 Å². The number of nitrogens with zero attached hydrogens (tertiary/aromatic N) is 1. The van der Waals surface area contributed by atoms with E-state index >= 15 is 0 Å². The molecule has 17 heavy (non-hydrogen) atoms. The lowest BCUT2D eigenvalue weighted by Crippen LogP contribution is -1.95. The Morgan fingerprint density at radius 2 is 2.06 bits per heavy atom. The fourth-order valence-corrected chi connectivity index (χ4v) is 1.18. The van der Waals surface area contributed by atoms with Crippen molar-refractivity contribution >= 4 is 5.97 Å². The molecule has 1 heterocycles. The summed E-state index contributed by atoms with van der Waals surface area (Å²) >= 11 is 0. The van der Waals surface area contributed by atoms with Gasteiger partial charge in [-0.1, -0.05) is 5.16 Å². The first-order valence-corrected chi connectivity index (χ1v) is 4.76. The maximum atomic E-state index is 10.5. The molecule has 0 unspecified atom stereocenters. The Morgan fingerprint density at radius 3 is 2.65 bits per heavy atom. The minimum absolute atomic E-state index is 0.0745. The van der Waals surface area contributed by atoms with Crippen LogP contribution in [0.25, 0.3) is 0 Å². The van der Waals surface area contributed by atoms with Crippen LogP contribution in [0, 0.1) is 0 Å². The van der Waals surface area contributed by atoms with E-state index in [1.54, 1.807) is 12.1 Å². The minimum Gasteiger partial charge on any atom is -0.508 e. The number of aromatic carboxylic acids is 1. The van der Waals surface area contributed by atoms with Crippen molar-refractivity contribution < 1.29 is 24.3 Å². The third-order valence-corrected chi connectivity index (χ3v) is 2.00. The molecular weight excluding hydrogens is 226 g/mol. The van der Waals surface area contributed by atoms with Gasteiger partial charge in [-0.15, -0.1) is 0 Å². The SMILES string of the molecule is O=C(O)c1cc(COc2ccc(O)cc2)on1. The lowest BCUT2D eigenvalue weighted by molar-refractivity contribution is 0.0685. The first kappa shape index (κ1) is 11.0. The highest BCUT2D eigenvalue weighted by molar-refractivity contribution is 5.85. The van der Waals surface area contributed by atoms with Crippen molar-refractivity contribution in [2.75, 3.05) is 0 Å². The molecule has 1 aromatic carbocycles. The normalized spacial score (nSPS) is 10.1. The Balaban J connectivity index is 1.97. The fraction of sp³-hybridized carbons (Fsp3) is 0.0909. The van der Waals surface area contributed by atoms with Gasteiger partial charge in [-0.05, 0) is 24.3 Å². The van der Waals surface area contributed by atoms with E-state index in [0.29, 0.717) is 11.5 Å². The fourth-order valence-electron chi connectivity index (χ4n) is 1.18. The molecule has 0 radical (unpaired) electrons. The highest BCUT2D eigenvalue weighted by atomic mass is 16.5. The van der Waals surface area contributed by atoms with Gasteiger partial charge in [0.05, 0.1) is 0 Å². The average molecular weight is 235 g/mol. The van der Waals surface area contributed by atoms with Crippen molar-refractivity contribution in [3.8, 4) is 11.5 Å². The van der Waals surface area contributed by atoms with Crippen molar-refractivity contribution in [3.05, 3.63) is 41.8 Å². The van der Waals surface area contributed by atoms with Crippen LogP contribution in [0.2, 0.25) is 0 Å². The smallest absolute Gasteiger partial charge is 0.358 e. The van der Waals surface area contributed by atoms with Gasteiger partial charge < -0.3 is 19.5 Å². The van der Waals surface area contributed by atoms with Crippen LogP contribution in [0.5, 0.6) is 11.5 Å². The van der Waals surface area contributed by atoms with E-state index in [1.165, 1.54) is 18.2 Å². The number of phenols is 1. The highest BCUT2D eigenvalue weighted by Gasteiger charge is 2.10. The molecule has 1 aromatic heterocycles. The summed E-state index contributed by atoms with van der Waals surface area (Å²) in [5.41, 5.74) is -0.158. The quantitative estimate of drug-likeness (QED) is 0.837.